The summed E-state index contributed by atoms with van der Waals surface area (Å²) in [6.07, 6.45) is -1.06. The highest BCUT2D eigenvalue weighted by atomic mass is 32.2. The van der Waals surface area contributed by atoms with Gasteiger partial charge in [0.15, 0.2) is 6.10 Å². The lowest BCUT2D eigenvalue weighted by atomic mass is 9.86. The van der Waals surface area contributed by atoms with Crippen LogP contribution in [-0.4, -0.2) is 60.4 Å². The molecule has 1 unspecified atom stereocenters. The zero-order valence-corrected chi connectivity index (χ0v) is 24.0. The standard InChI is InChI=1S/C30H35N3O6S/c1-30(2,3)21-5-14-27-26(19-21)33(40(35,36)25-12-10-24(37-4)11-13-25)20-28(39-27)29(34)31-22-6-8-23(9-7-22)32-15-17-38-18-16-32/h5-14,19,28H,15-18,20H2,1-4H3,(H,31,34). The van der Waals surface area contributed by atoms with Gasteiger partial charge in [-0.1, -0.05) is 26.8 Å². The smallest absolute Gasteiger partial charge is 0.267 e. The normalized spacial score (nSPS) is 17.6. The molecule has 1 fully saturated rings. The van der Waals surface area contributed by atoms with Gasteiger partial charge in [-0.05, 0) is 71.6 Å². The Labute approximate surface area is 235 Å². The number of rotatable bonds is 6. The average Bonchev–Trinajstić information content (AvgIpc) is 2.96. The van der Waals surface area contributed by atoms with Crippen LogP contribution in [0.2, 0.25) is 0 Å². The van der Waals surface area contributed by atoms with Crippen LogP contribution in [0, 0.1) is 0 Å². The summed E-state index contributed by atoms with van der Waals surface area (Å²) >= 11 is 0. The summed E-state index contributed by atoms with van der Waals surface area (Å²) in [7, 11) is -2.50. The number of hydrogen-bond acceptors (Lipinski definition) is 7. The van der Waals surface area contributed by atoms with Crippen molar-refractivity contribution in [2.24, 2.45) is 0 Å². The number of carbonyl (C=O) groups is 1. The second-order valence-corrected chi connectivity index (χ2v) is 12.7. The first kappa shape index (κ1) is 27.8. The minimum atomic E-state index is -4.02. The summed E-state index contributed by atoms with van der Waals surface area (Å²) in [5, 5.41) is 2.89. The molecule has 2 aliphatic rings. The highest BCUT2D eigenvalue weighted by Crippen LogP contribution is 2.40. The molecule has 0 radical (unpaired) electrons. The summed E-state index contributed by atoms with van der Waals surface area (Å²) in [6.45, 7) is 9.00. The largest absolute Gasteiger partial charge is 0.497 e. The molecule has 0 aromatic heterocycles. The summed E-state index contributed by atoms with van der Waals surface area (Å²) < 4.78 is 45.8. The van der Waals surface area contributed by atoms with E-state index in [2.05, 4.69) is 31.0 Å². The molecule has 0 bridgehead atoms. The second kappa shape index (κ2) is 11.0. The van der Waals surface area contributed by atoms with Gasteiger partial charge in [0.2, 0.25) is 0 Å². The third-order valence-electron chi connectivity index (χ3n) is 7.15. The molecule has 1 amide bonds. The summed E-state index contributed by atoms with van der Waals surface area (Å²) in [5.41, 5.74) is 2.79. The maximum atomic E-state index is 13.9. The number of benzene rings is 3. The zero-order valence-electron chi connectivity index (χ0n) is 23.2. The third kappa shape index (κ3) is 5.73. The number of sulfonamides is 1. The molecule has 10 heteroatoms. The molecule has 1 saturated heterocycles. The summed E-state index contributed by atoms with van der Waals surface area (Å²) in [6, 6.07) is 19.2. The van der Waals surface area contributed by atoms with Gasteiger partial charge in [-0.2, -0.15) is 0 Å². The Balaban J connectivity index is 1.42. The van der Waals surface area contributed by atoms with Gasteiger partial charge in [-0.3, -0.25) is 9.10 Å². The van der Waals surface area contributed by atoms with E-state index in [0.717, 1.165) is 24.3 Å². The molecular formula is C30H35N3O6S. The van der Waals surface area contributed by atoms with Gasteiger partial charge in [0.25, 0.3) is 15.9 Å². The van der Waals surface area contributed by atoms with Crippen molar-refractivity contribution in [3.05, 3.63) is 72.3 Å². The molecule has 5 rings (SSSR count). The first-order valence-corrected chi connectivity index (χ1v) is 14.7. The highest BCUT2D eigenvalue weighted by Gasteiger charge is 2.38. The second-order valence-electron chi connectivity index (χ2n) is 10.9. The van der Waals surface area contributed by atoms with Crippen LogP contribution in [-0.2, 0) is 25.0 Å². The molecule has 9 nitrogen and oxygen atoms in total. The Hall–Kier alpha value is -3.76. The topological polar surface area (TPSA) is 97.4 Å². The Kier molecular flexibility index (Phi) is 7.65. The molecule has 1 atom stereocenters. The van der Waals surface area contributed by atoms with Crippen molar-refractivity contribution in [1.29, 1.82) is 0 Å². The van der Waals surface area contributed by atoms with E-state index in [1.165, 1.54) is 23.5 Å². The zero-order chi connectivity index (χ0) is 28.5. The fourth-order valence-electron chi connectivity index (χ4n) is 4.76. The third-order valence-corrected chi connectivity index (χ3v) is 8.94. The minimum Gasteiger partial charge on any atom is -0.497 e. The fraction of sp³-hybridized carbons (Fsp3) is 0.367. The Bertz CT molecular complexity index is 1460. The number of nitrogens with zero attached hydrogens (tertiary/aromatic N) is 2. The molecule has 40 heavy (non-hydrogen) atoms. The number of carbonyl (C=O) groups excluding carboxylic acids is 1. The first-order chi connectivity index (χ1) is 19.1. The van der Waals surface area contributed by atoms with Crippen LogP contribution in [0.4, 0.5) is 17.1 Å². The van der Waals surface area contributed by atoms with Gasteiger partial charge in [-0.25, -0.2) is 8.42 Å². The Morgan fingerprint density at radius 3 is 2.27 bits per heavy atom. The Morgan fingerprint density at radius 2 is 1.65 bits per heavy atom. The van der Waals surface area contributed by atoms with Gasteiger partial charge in [0.05, 0.1) is 37.5 Å². The van der Waals surface area contributed by atoms with E-state index in [1.54, 1.807) is 18.2 Å². The van der Waals surface area contributed by atoms with Crippen LogP contribution in [0.1, 0.15) is 26.3 Å². The lowest BCUT2D eigenvalue weighted by Gasteiger charge is -2.36. The van der Waals surface area contributed by atoms with Gasteiger partial charge in [-0.15, -0.1) is 0 Å². The summed E-state index contributed by atoms with van der Waals surface area (Å²) in [5.74, 6) is 0.451. The van der Waals surface area contributed by atoms with Crippen LogP contribution in [0.25, 0.3) is 0 Å². The predicted molar refractivity (Wildman–Crippen MR) is 155 cm³/mol. The van der Waals surface area contributed by atoms with E-state index in [-0.39, 0.29) is 16.9 Å². The number of hydrogen-bond donors (Lipinski definition) is 1. The molecule has 3 aromatic rings. The number of anilines is 3. The van der Waals surface area contributed by atoms with Crippen LogP contribution >= 0.6 is 0 Å². The fourth-order valence-corrected chi connectivity index (χ4v) is 6.22. The SMILES string of the molecule is COc1ccc(S(=O)(=O)N2CC(C(=O)Nc3ccc(N4CCOCC4)cc3)Oc3ccc(C(C)(C)C)cc32)cc1. The maximum absolute atomic E-state index is 13.9. The van der Waals surface area contributed by atoms with Crippen molar-refractivity contribution < 1.29 is 27.4 Å². The maximum Gasteiger partial charge on any atom is 0.267 e. The van der Waals surface area contributed by atoms with Crippen LogP contribution < -0.4 is 24.0 Å². The molecule has 3 aromatic carbocycles. The van der Waals surface area contributed by atoms with E-state index >= 15 is 0 Å². The van der Waals surface area contributed by atoms with E-state index in [0.29, 0.717) is 36.1 Å². The van der Waals surface area contributed by atoms with Gasteiger partial charge in [0, 0.05) is 24.5 Å². The van der Waals surface area contributed by atoms with Crippen LogP contribution in [0.5, 0.6) is 11.5 Å². The van der Waals surface area contributed by atoms with Crippen molar-refractivity contribution in [1.82, 2.24) is 0 Å². The van der Waals surface area contributed by atoms with E-state index < -0.39 is 22.0 Å². The van der Waals surface area contributed by atoms with Gasteiger partial charge >= 0.3 is 0 Å². The minimum absolute atomic E-state index is 0.0974. The molecular weight excluding hydrogens is 530 g/mol. The molecule has 2 heterocycles. The molecule has 0 saturated carbocycles. The van der Waals surface area contributed by atoms with E-state index in [9.17, 15) is 13.2 Å². The van der Waals surface area contributed by atoms with E-state index in [4.69, 9.17) is 14.2 Å². The van der Waals surface area contributed by atoms with Crippen LogP contribution in [0.15, 0.2) is 71.6 Å². The van der Waals surface area contributed by atoms with Crippen molar-refractivity contribution in [3.63, 3.8) is 0 Å². The monoisotopic (exact) mass is 565 g/mol. The molecule has 2 aliphatic heterocycles. The first-order valence-electron chi connectivity index (χ1n) is 13.3. The lowest BCUT2D eigenvalue weighted by Crippen LogP contribution is -2.49. The van der Waals surface area contributed by atoms with Crippen LogP contribution in [0.3, 0.4) is 0 Å². The van der Waals surface area contributed by atoms with E-state index in [1.807, 2.05) is 36.4 Å². The van der Waals surface area contributed by atoms with Crippen molar-refractivity contribution in [2.45, 2.75) is 37.2 Å². The molecule has 1 N–H and O–H groups in total. The Morgan fingerprint density at radius 1 is 0.975 bits per heavy atom. The van der Waals surface area contributed by atoms with Crippen molar-refractivity contribution in [3.8, 4) is 11.5 Å². The molecule has 0 spiro atoms. The lowest BCUT2D eigenvalue weighted by molar-refractivity contribution is -0.122. The predicted octanol–water partition coefficient (Wildman–Crippen LogP) is 4.42. The highest BCUT2D eigenvalue weighted by molar-refractivity contribution is 7.92. The molecule has 0 aliphatic carbocycles. The molecule has 212 valence electrons. The number of methoxy groups -OCH3 is 1. The number of morpholine rings is 1. The quantitative estimate of drug-likeness (QED) is 0.473. The van der Waals surface area contributed by atoms with Crippen molar-refractivity contribution in [2.75, 3.05) is 54.5 Å². The average molecular weight is 566 g/mol. The number of amides is 1. The van der Waals surface area contributed by atoms with Gasteiger partial charge < -0.3 is 24.4 Å². The van der Waals surface area contributed by atoms with Gasteiger partial charge in [0.1, 0.15) is 11.5 Å². The number of nitrogens with one attached hydrogen (secondary N) is 1. The van der Waals surface area contributed by atoms with Crippen molar-refractivity contribution >= 4 is 33.0 Å². The number of ether oxygens (including phenoxy) is 3. The summed E-state index contributed by atoms with van der Waals surface area (Å²) in [4.78, 5) is 15.7. The number of fused-ring (bicyclic) bond motifs is 1.